The zero-order chi connectivity index (χ0) is 8.43. The first kappa shape index (κ1) is 8.57. The smallest absolute Gasteiger partial charge is 0.217 e. The molecule has 1 rings (SSSR count). The van der Waals surface area contributed by atoms with E-state index in [4.69, 9.17) is 0 Å². The predicted molar refractivity (Wildman–Crippen MR) is 45.2 cm³/mol. The van der Waals surface area contributed by atoms with E-state index in [0.29, 0.717) is 12.0 Å². The van der Waals surface area contributed by atoms with Crippen molar-refractivity contribution in [3.63, 3.8) is 0 Å². The molecule has 3 atom stereocenters. The molecular formula is C9H17NO. The van der Waals surface area contributed by atoms with Crippen LogP contribution in [-0.4, -0.2) is 11.9 Å². The van der Waals surface area contributed by atoms with Crippen LogP contribution in [0.3, 0.4) is 0 Å². The first-order valence-electron chi connectivity index (χ1n) is 4.38. The van der Waals surface area contributed by atoms with E-state index < -0.39 is 0 Å². The van der Waals surface area contributed by atoms with E-state index in [1.54, 1.807) is 6.92 Å². The third-order valence-electron chi connectivity index (χ3n) is 2.85. The summed E-state index contributed by atoms with van der Waals surface area (Å²) in [7, 11) is 0. The normalized spacial score (nSPS) is 37.2. The van der Waals surface area contributed by atoms with Crippen LogP contribution in [0.5, 0.6) is 0 Å². The Hall–Kier alpha value is -0.530. The van der Waals surface area contributed by atoms with Crippen LogP contribution in [-0.2, 0) is 4.79 Å². The Bertz CT molecular complexity index is 156. The fourth-order valence-electron chi connectivity index (χ4n) is 1.83. The quantitative estimate of drug-likeness (QED) is 0.611. The molecule has 0 aromatic carbocycles. The maximum absolute atomic E-state index is 10.7. The van der Waals surface area contributed by atoms with E-state index >= 15 is 0 Å². The first-order chi connectivity index (χ1) is 5.11. The third-order valence-corrected chi connectivity index (χ3v) is 2.85. The standard InChI is InChI=1S/C9H17NO/c1-6-4-5-9(7(6)2)10-8(3)11/h6-7,9H,4-5H2,1-3H3,(H,10,11). The van der Waals surface area contributed by atoms with Gasteiger partial charge < -0.3 is 5.32 Å². The van der Waals surface area contributed by atoms with Crippen molar-refractivity contribution >= 4 is 5.91 Å². The number of nitrogens with one attached hydrogen (secondary N) is 1. The van der Waals surface area contributed by atoms with Crippen molar-refractivity contribution in [3.05, 3.63) is 0 Å². The van der Waals surface area contributed by atoms with Crippen molar-refractivity contribution in [3.8, 4) is 0 Å². The summed E-state index contributed by atoms with van der Waals surface area (Å²) < 4.78 is 0. The number of hydrogen-bond donors (Lipinski definition) is 1. The molecule has 0 aromatic heterocycles. The van der Waals surface area contributed by atoms with Crippen molar-refractivity contribution in [2.75, 3.05) is 0 Å². The molecule has 1 fully saturated rings. The molecule has 0 bridgehead atoms. The van der Waals surface area contributed by atoms with Crippen LogP contribution >= 0.6 is 0 Å². The van der Waals surface area contributed by atoms with Gasteiger partial charge in [0.25, 0.3) is 0 Å². The Labute approximate surface area is 68.4 Å². The van der Waals surface area contributed by atoms with Crippen molar-refractivity contribution in [1.29, 1.82) is 0 Å². The number of carbonyl (C=O) groups is 1. The minimum atomic E-state index is 0.107. The zero-order valence-electron chi connectivity index (χ0n) is 7.55. The van der Waals surface area contributed by atoms with Crippen LogP contribution in [0.4, 0.5) is 0 Å². The van der Waals surface area contributed by atoms with Gasteiger partial charge in [0.2, 0.25) is 5.91 Å². The first-order valence-corrected chi connectivity index (χ1v) is 4.38. The maximum atomic E-state index is 10.7. The summed E-state index contributed by atoms with van der Waals surface area (Å²) in [6, 6.07) is 0.433. The van der Waals surface area contributed by atoms with Crippen LogP contribution < -0.4 is 5.32 Å². The largest absolute Gasteiger partial charge is 0.353 e. The Morgan fingerprint density at radius 1 is 1.36 bits per heavy atom. The van der Waals surface area contributed by atoms with Crippen LogP contribution in [0.15, 0.2) is 0 Å². The van der Waals surface area contributed by atoms with Crippen LogP contribution in [0.25, 0.3) is 0 Å². The second kappa shape index (κ2) is 3.24. The highest BCUT2D eigenvalue weighted by Crippen LogP contribution is 2.30. The van der Waals surface area contributed by atoms with Gasteiger partial charge in [-0.1, -0.05) is 13.8 Å². The Morgan fingerprint density at radius 2 is 2.00 bits per heavy atom. The van der Waals surface area contributed by atoms with Gasteiger partial charge in [0, 0.05) is 13.0 Å². The number of carbonyl (C=O) groups excluding carboxylic acids is 1. The summed E-state index contributed by atoms with van der Waals surface area (Å²) in [5.41, 5.74) is 0. The summed E-state index contributed by atoms with van der Waals surface area (Å²) >= 11 is 0. The number of amides is 1. The molecule has 11 heavy (non-hydrogen) atoms. The molecule has 1 N–H and O–H groups in total. The lowest BCUT2D eigenvalue weighted by Gasteiger charge is -2.18. The maximum Gasteiger partial charge on any atom is 0.217 e. The fourth-order valence-corrected chi connectivity index (χ4v) is 1.83. The van der Waals surface area contributed by atoms with E-state index in [-0.39, 0.29) is 5.91 Å². The minimum Gasteiger partial charge on any atom is -0.353 e. The molecular weight excluding hydrogens is 138 g/mol. The van der Waals surface area contributed by atoms with E-state index in [2.05, 4.69) is 19.2 Å². The molecule has 1 aliphatic rings. The highest BCUT2D eigenvalue weighted by atomic mass is 16.1. The van der Waals surface area contributed by atoms with Crippen LogP contribution in [0.1, 0.15) is 33.6 Å². The summed E-state index contributed by atoms with van der Waals surface area (Å²) in [4.78, 5) is 10.7. The number of hydrogen-bond acceptors (Lipinski definition) is 1. The van der Waals surface area contributed by atoms with Gasteiger partial charge >= 0.3 is 0 Å². The molecule has 0 spiro atoms. The van der Waals surface area contributed by atoms with Gasteiger partial charge in [0.1, 0.15) is 0 Å². The molecule has 0 radical (unpaired) electrons. The summed E-state index contributed by atoms with van der Waals surface area (Å²) in [5, 5.41) is 2.98. The Morgan fingerprint density at radius 3 is 2.36 bits per heavy atom. The molecule has 2 nitrogen and oxygen atoms in total. The topological polar surface area (TPSA) is 29.1 Å². The molecule has 1 amide bonds. The van der Waals surface area contributed by atoms with E-state index in [0.717, 1.165) is 12.3 Å². The summed E-state index contributed by atoms with van der Waals surface area (Å²) in [6.45, 7) is 6.07. The minimum absolute atomic E-state index is 0.107. The molecule has 3 unspecified atom stereocenters. The van der Waals surface area contributed by atoms with Gasteiger partial charge in [-0.15, -0.1) is 0 Å². The van der Waals surface area contributed by atoms with E-state index in [9.17, 15) is 4.79 Å². The SMILES string of the molecule is CC(=O)NC1CCC(C)C1C. The molecule has 1 aliphatic carbocycles. The molecule has 2 heteroatoms. The van der Waals surface area contributed by atoms with Gasteiger partial charge in [-0.05, 0) is 24.7 Å². The molecule has 64 valence electrons. The van der Waals surface area contributed by atoms with Crippen molar-refractivity contribution in [1.82, 2.24) is 5.32 Å². The average molecular weight is 155 g/mol. The molecule has 0 saturated heterocycles. The Kier molecular flexibility index (Phi) is 2.53. The van der Waals surface area contributed by atoms with E-state index in [1.807, 2.05) is 0 Å². The van der Waals surface area contributed by atoms with Gasteiger partial charge in [-0.3, -0.25) is 4.79 Å². The van der Waals surface area contributed by atoms with E-state index in [1.165, 1.54) is 6.42 Å². The van der Waals surface area contributed by atoms with Gasteiger partial charge in [0.05, 0.1) is 0 Å². The lowest BCUT2D eigenvalue weighted by atomic mass is 9.98. The number of rotatable bonds is 1. The predicted octanol–water partition coefficient (Wildman–Crippen LogP) is 1.56. The summed E-state index contributed by atoms with van der Waals surface area (Å²) in [5.74, 6) is 1.53. The average Bonchev–Trinajstić information content (AvgIpc) is 2.18. The fraction of sp³-hybridized carbons (Fsp3) is 0.889. The van der Waals surface area contributed by atoms with Crippen molar-refractivity contribution in [2.24, 2.45) is 11.8 Å². The highest BCUT2D eigenvalue weighted by Gasteiger charge is 2.29. The zero-order valence-corrected chi connectivity index (χ0v) is 7.55. The van der Waals surface area contributed by atoms with Crippen molar-refractivity contribution in [2.45, 2.75) is 39.7 Å². The van der Waals surface area contributed by atoms with Gasteiger partial charge in [-0.2, -0.15) is 0 Å². The molecule has 0 heterocycles. The molecule has 1 saturated carbocycles. The van der Waals surface area contributed by atoms with Crippen molar-refractivity contribution < 1.29 is 4.79 Å². The monoisotopic (exact) mass is 155 g/mol. The molecule has 0 aromatic rings. The Balaban J connectivity index is 2.42. The van der Waals surface area contributed by atoms with Gasteiger partial charge in [-0.25, -0.2) is 0 Å². The molecule has 0 aliphatic heterocycles. The van der Waals surface area contributed by atoms with Crippen LogP contribution in [0.2, 0.25) is 0 Å². The van der Waals surface area contributed by atoms with Crippen LogP contribution in [0, 0.1) is 11.8 Å². The lowest BCUT2D eigenvalue weighted by molar-refractivity contribution is -0.119. The second-order valence-corrected chi connectivity index (χ2v) is 3.72. The third kappa shape index (κ3) is 1.95. The second-order valence-electron chi connectivity index (χ2n) is 3.72. The van der Waals surface area contributed by atoms with Gasteiger partial charge in [0.15, 0.2) is 0 Å². The highest BCUT2D eigenvalue weighted by molar-refractivity contribution is 5.73. The lowest BCUT2D eigenvalue weighted by Crippen LogP contribution is -2.35. The summed E-state index contributed by atoms with van der Waals surface area (Å²) in [6.07, 6.45) is 2.41.